The zero-order chi connectivity index (χ0) is 15.9. The van der Waals surface area contributed by atoms with Gasteiger partial charge in [0.1, 0.15) is 29.0 Å². The van der Waals surface area contributed by atoms with Gasteiger partial charge in [0.2, 0.25) is 5.88 Å². The van der Waals surface area contributed by atoms with Crippen LogP contribution in [0.2, 0.25) is 5.02 Å². The number of nitriles is 1. The molecule has 0 fully saturated rings. The van der Waals surface area contributed by atoms with Crippen molar-refractivity contribution in [2.45, 2.75) is 5.92 Å². The second-order valence-electron chi connectivity index (χ2n) is 4.78. The molecule has 0 bridgehead atoms. The lowest BCUT2D eigenvalue weighted by molar-refractivity contribution is 0.387. The highest BCUT2D eigenvalue weighted by Crippen LogP contribution is 2.45. The van der Waals surface area contributed by atoms with Gasteiger partial charge in [-0.25, -0.2) is 4.39 Å². The van der Waals surface area contributed by atoms with Gasteiger partial charge in [-0.05, 0) is 18.2 Å². The van der Waals surface area contributed by atoms with Crippen molar-refractivity contribution < 1.29 is 14.2 Å². The second-order valence-corrected chi connectivity index (χ2v) is 5.19. The zero-order valence-corrected chi connectivity index (χ0v) is 11.9. The van der Waals surface area contributed by atoms with Gasteiger partial charge in [-0.2, -0.15) is 5.26 Å². The number of benzene rings is 2. The maximum atomic E-state index is 14.3. The molecule has 1 aliphatic rings. The fourth-order valence-electron chi connectivity index (χ4n) is 2.53. The Morgan fingerprint density at radius 1 is 1.32 bits per heavy atom. The van der Waals surface area contributed by atoms with E-state index in [-0.39, 0.29) is 33.5 Å². The summed E-state index contributed by atoms with van der Waals surface area (Å²) in [5.41, 5.74) is 6.51. The molecule has 0 aromatic heterocycles. The molecule has 0 unspecified atom stereocenters. The van der Waals surface area contributed by atoms with Crippen LogP contribution < -0.4 is 10.5 Å². The Bertz CT molecular complexity index is 822. The lowest BCUT2D eigenvalue weighted by Gasteiger charge is -2.27. The van der Waals surface area contributed by atoms with Gasteiger partial charge in [-0.3, -0.25) is 0 Å². The molecule has 1 heterocycles. The fraction of sp³-hybridized carbons (Fsp3) is 0.0625. The number of hydrogen-bond acceptors (Lipinski definition) is 4. The normalized spacial score (nSPS) is 16.7. The van der Waals surface area contributed by atoms with E-state index in [4.69, 9.17) is 22.1 Å². The Balaban J connectivity index is 2.31. The Labute approximate surface area is 130 Å². The number of nitrogens with zero attached hydrogens (tertiary/aromatic N) is 1. The molecule has 1 atom stereocenters. The summed E-state index contributed by atoms with van der Waals surface area (Å²) in [6.07, 6.45) is 0. The van der Waals surface area contributed by atoms with Gasteiger partial charge in [-0.15, -0.1) is 0 Å². The number of fused-ring (bicyclic) bond motifs is 1. The lowest BCUT2D eigenvalue weighted by Crippen LogP contribution is -2.21. The third-order valence-electron chi connectivity index (χ3n) is 3.49. The van der Waals surface area contributed by atoms with E-state index < -0.39 is 11.7 Å². The highest BCUT2D eigenvalue weighted by Gasteiger charge is 2.33. The molecule has 0 saturated heterocycles. The SMILES string of the molecule is N#CC1=C(N)Oc2cc(O)ccc2[C@H]1c1c(F)cccc1Cl. The quantitative estimate of drug-likeness (QED) is 0.845. The molecule has 0 amide bonds. The Morgan fingerprint density at radius 3 is 2.77 bits per heavy atom. The van der Waals surface area contributed by atoms with Crippen molar-refractivity contribution in [3.63, 3.8) is 0 Å². The first kappa shape index (κ1) is 14.2. The van der Waals surface area contributed by atoms with Gasteiger partial charge < -0.3 is 15.6 Å². The van der Waals surface area contributed by atoms with Crippen molar-refractivity contribution in [3.05, 3.63) is 69.8 Å². The maximum absolute atomic E-state index is 14.3. The van der Waals surface area contributed by atoms with E-state index in [1.165, 1.54) is 24.3 Å². The number of ether oxygens (including phenoxy) is 1. The van der Waals surface area contributed by atoms with Gasteiger partial charge in [-0.1, -0.05) is 23.7 Å². The molecule has 6 heteroatoms. The number of phenolic OH excluding ortho intramolecular Hbond substituents is 1. The van der Waals surface area contributed by atoms with Crippen LogP contribution in [0.3, 0.4) is 0 Å². The van der Waals surface area contributed by atoms with Gasteiger partial charge >= 0.3 is 0 Å². The van der Waals surface area contributed by atoms with Crippen LogP contribution in [0.5, 0.6) is 11.5 Å². The molecule has 2 aromatic rings. The van der Waals surface area contributed by atoms with E-state index in [2.05, 4.69) is 0 Å². The minimum atomic E-state index is -0.789. The Morgan fingerprint density at radius 2 is 2.09 bits per heavy atom. The third kappa shape index (κ3) is 2.14. The molecular formula is C16H10ClFN2O2. The van der Waals surface area contributed by atoms with Crippen LogP contribution in [0.25, 0.3) is 0 Å². The number of aromatic hydroxyl groups is 1. The summed E-state index contributed by atoms with van der Waals surface area (Å²) in [6.45, 7) is 0. The summed E-state index contributed by atoms with van der Waals surface area (Å²) in [5, 5.41) is 19.1. The van der Waals surface area contributed by atoms with Crippen molar-refractivity contribution in [1.29, 1.82) is 5.26 Å². The van der Waals surface area contributed by atoms with Crippen LogP contribution in [0.1, 0.15) is 17.0 Å². The predicted octanol–water partition coefficient (Wildman–Crippen LogP) is 3.40. The van der Waals surface area contributed by atoms with E-state index >= 15 is 0 Å². The first-order valence-electron chi connectivity index (χ1n) is 6.37. The molecule has 4 nitrogen and oxygen atoms in total. The molecule has 110 valence electrons. The van der Waals surface area contributed by atoms with Crippen molar-refractivity contribution in [2.24, 2.45) is 5.73 Å². The van der Waals surface area contributed by atoms with Crippen molar-refractivity contribution in [1.82, 2.24) is 0 Å². The minimum Gasteiger partial charge on any atom is -0.508 e. The van der Waals surface area contributed by atoms with E-state index in [9.17, 15) is 14.8 Å². The standard InChI is InChI=1S/C16H10ClFN2O2/c17-11-2-1-3-12(18)15(11)14-9-5-4-8(21)6-13(9)22-16(20)10(14)7-19/h1-6,14,21H,20H2/t14-/m1/s1. The Hall–Kier alpha value is -2.71. The monoisotopic (exact) mass is 316 g/mol. The van der Waals surface area contributed by atoms with Crippen LogP contribution in [0.15, 0.2) is 47.9 Å². The van der Waals surface area contributed by atoms with E-state index in [0.29, 0.717) is 5.56 Å². The largest absolute Gasteiger partial charge is 0.508 e. The predicted molar refractivity (Wildman–Crippen MR) is 78.8 cm³/mol. The first-order chi connectivity index (χ1) is 10.5. The number of nitrogens with two attached hydrogens (primary N) is 1. The fourth-order valence-corrected chi connectivity index (χ4v) is 2.80. The second kappa shape index (κ2) is 5.24. The molecule has 3 N–H and O–H groups in total. The van der Waals surface area contributed by atoms with Crippen LogP contribution >= 0.6 is 11.6 Å². The molecule has 2 aromatic carbocycles. The van der Waals surface area contributed by atoms with Crippen molar-refractivity contribution >= 4 is 11.6 Å². The molecule has 3 rings (SSSR count). The highest BCUT2D eigenvalue weighted by molar-refractivity contribution is 6.31. The zero-order valence-electron chi connectivity index (χ0n) is 11.2. The van der Waals surface area contributed by atoms with E-state index in [1.54, 1.807) is 12.1 Å². The lowest BCUT2D eigenvalue weighted by atomic mass is 9.83. The van der Waals surface area contributed by atoms with Crippen LogP contribution in [0, 0.1) is 17.1 Å². The number of phenols is 1. The van der Waals surface area contributed by atoms with Gasteiger partial charge in [0.25, 0.3) is 0 Å². The van der Waals surface area contributed by atoms with E-state index in [0.717, 1.165) is 0 Å². The highest BCUT2D eigenvalue weighted by atomic mass is 35.5. The molecule has 0 aliphatic carbocycles. The number of hydrogen-bond donors (Lipinski definition) is 2. The average molecular weight is 317 g/mol. The van der Waals surface area contributed by atoms with Gasteiger partial charge in [0, 0.05) is 22.2 Å². The number of rotatable bonds is 1. The van der Waals surface area contributed by atoms with Crippen LogP contribution in [-0.4, -0.2) is 5.11 Å². The van der Waals surface area contributed by atoms with E-state index in [1.807, 2.05) is 6.07 Å². The van der Waals surface area contributed by atoms with Gasteiger partial charge in [0.15, 0.2) is 0 Å². The average Bonchev–Trinajstić information content (AvgIpc) is 2.46. The summed E-state index contributed by atoms with van der Waals surface area (Å²) in [7, 11) is 0. The summed E-state index contributed by atoms with van der Waals surface area (Å²) >= 11 is 6.13. The third-order valence-corrected chi connectivity index (χ3v) is 3.82. The smallest absolute Gasteiger partial charge is 0.205 e. The van der Waals surface area contributed by atoms with Crippen LogP contribution in [-0.2, 0) is 0 Å². The first-order valence-corrected chi connectivity index (χ1v) is 6.75. The van der Waals surface area contributed by atoms with Crippen LogP contribution in [0.4, 0.5) is 4.39 Å². The molecule has 0 spiro atoms. The molecule has 0 saturated carbocycles. The summed E-state index contributed by atoms with van der Waals surface area (Å²) in [5.74, 6) is -1.22. The maximum Gasteiger partial charge on any atom is 0.205 e. The summed E-state index contributed by atoms with van der Waals surface area (Å²) in [6, 6.07) is 10.6. The summed E-state index contributed by atoms with van der Waals surface area (Å²) in [4.78, 5) is 0. The molecule has 22 heavy (non-hydrogen) atoms. The topological polar surface area (TPSA) is 79.3 Å². The number of allylic oxidation sites excluding steroid dienone is 1. The minimum absolute atomic E-state index is 0.0228. The molecular weight excluding hydrogens is 307 g/mol. The molecule has 0 radical (unpaired) electrons. The van der Waals surface area contributed by atoms with Crippen molar-refractivity contribution in [3.8, 4) is 17.6 Å². The molecule has 1 aliphatic heterocycles. The Kier molecular flexibility index (Phi) is 3.39. The summed E-state index contributed by atoms with van der Waals surface area (Å²) < 4.78 is 19.7. The van der Waals surface area contributed by atoms with Crippen molar-refractivity contribution in [2.75, 3.05) is 0 Å². The number of halogens is 2. The van der Waals surface area contributed by atoms with Gasteiger partial charge in [0.05, 0.1) is 5.92 Å².